The highest BCUT2D eigenvalue weighted by Gasteiger charge is 2.10. The van der Waals surface area contributed by atoms with E-state index in [9.17, 15) is 4.79 Å². The average molecular weight is 238 g/mol. The first kappa shape index (κ1) is 12.0. The van der Waals surface area contributed by atoms with Crippen molar-refractivity contribution in [2.24, 2.45) is 0 Å². The quantitative estimate of drug-likeness (QED) is 0.563. The van der Waals surface area contributed by atoms with Crippen LogP contribution in [0.5, 0.6) is 0 Å². The number of nitrogens with one attached hydrogen (secondary N) is 3. The molecule has 1 aliphatic rings. The topological polar surface area (TPSA) is 85.9 Å². The molecule has 0 spiro atoms. The number of hydrogen-bond acceptors (Lipinski definition) is 5. The zero-order chi connectivity index (χ0) is 11.9. The molecule has 94 valence electrons. The van der Waals surface area contributed by atoms with E-state index in [1.54, 1.807) is 0 Å². The summed E-state index contributed by atoms with van der Waals surface area (Å²) in [6.45, 7) is 6.02. The molecule has 0 aromatic carbocycles. The molecule has 17 heavy (non-hydrogen) atoms. The van der Waals surface area contributed by atoms with Gasteiger partial charge < -0.3 is 15.5 Å². The number of aromatic nitrogens is 3. The number of nitrogens with zero attached hydrogens (tertiary/aromatic N) is 3. The fourth-order valence-corrected chi connectivity index (χ4v) is 1.84. The second-order valence-corrected chi connectivity index (χ2v) is 4.06. The van der Waals surface area contributed by atoms with E-state index in [0.717, 1.165) is 39.1 Å². The maximum atomic E-state index is 11.5. The van der Waals surface area contributed by atoms with Gasteiger partial charge in [0.2, 0.25) is 0 Å². The van der Waals surface area contributed by atoms with Crippen LogP contribution in [0.4, 0.5) is 0 Å². The van der Waals surface area contributed by atoms with Crippen molar-refractivity contribution < 1.29 is 4.79 Å². The number of aromatic amines is 1. The van der Waals surface area contributed by atoms with Crippen LogP contribution in [-0.4, -0.2) is 65.5 Å². The summed E-state index contributed by atoms with van der Waals surface area (Å²) in [4.78, 5) is 13.9. The van der Waals surface area contributed by atoms with E-state index in [4.69, 9.17) is 0 Å². The molecule has 2 rings (SSSR count). The second kappa shape index (κ2) is 6.31. The van der Waals surface area contributed by atoms with Gasteiger partial charge in [0.1, 0.15) is 0 Å². The zero-order valence-corrected chi connectivity index (χ0v) is 9.78. The Balaban J connectivity index is 1.58. The van der Waals surface area contributed by atoms with Crippen LogP contribution in [0.15, 0.2) is 6.20 Å². The molecule has 7 nitrogen and oxygen atoms in total. The Morgan fingerprint density at radius 3 is 3.00 bits per heavy atom. The highest BCUT2D eigenvalue weighted by atomic mass is 16.1. The third-order valence-corrected chi connectivity index (χ3v) is 2.79. The van der Waals surface area contributed by atoms with Crippen molar-refractivity contribution in [3.8, 4) is 0 Å². The first-order valence-corrected chi connectivity index (χ1v) is 5.93. The Morgan fingerprint density at radius 1 is 1.47 bits per heavy atom. The Hall–Kier alpha value is -1.47. The van der Waals surface area contributed by atoms with E-state index in [0.29, 0.717) is 12.2 Å². The summed E-state index contributed by atoms with van der Waals surface area (Å²) < 4.78 is 0. The first-order chi connectivity index (χ1) is 8.36. The second-order valence-electron chi connectivity index (χ2n) is 4.06. The lowest BCUT2D eigenvalue weighted by Crippen LogP contribution is -2.44. The molecule has 1 saturated heterocycles. The van der Waals surface area contributed by atoms with Crippen molar-refractivity contribution in [1.82, 2.24) is 30.9 Å². The van der Waals surface area contributed by atoms with Gasteiger partial charge in [0.15, 0.2) is 5.69 Å². The highest BCUT2D eigenvalue weighted by molar-refractivity contribution is 5.91. The molecule has 1 fully saturated rings. The summed E-state index contributed by atoms with van der Waals surface area (Å²) >= 11 is 0. The highest BCUT2D eigenvalue weighted by Crippen LogP contribution is 1.94. The van der Waals surface area contributed by atoms with Crippen LogP contribution in [-0.2, 0) is 0 Å². The van der Waals surface area contributed by atoms with E-state index in [1.807, 2.05) is 0 Å². The molecule has 2 heterocycles. The summed E-state index contributed by atoms with van der Waals surface area (Å²) in [6, 6.07) is 0. The van der Waals surface area contributed by atoms with Gasteiger partial charge in [-0.15, -0.1) is 0 Å². The molecule has 0 saturated carbocycles. The lowest BCUT2D eigenvalue weighted by atomic mass is 10.3. The molecule has 0 bridgehead atoms. The predicted molar refractivity (Wildman–Crippen MR) is 62.6 cm³/mol. The van der Waals surface area contributed by atoms with Gasteiger partial charge in [-0.05, 0) is 13.0 Å². The van der Waals surface area contributed by atoms with Gasteiger partial charge >= 0.3 is 0 Å². The van der Waals surface area contributed by atoms with E-state index in [-0.39, 0.29) is 5.91 Å². The molecule has 0 aliphatic carbocycles. The van der Waals surface area contributed by atoms with Crippen LogP contribution >= 0.6 is 0 Å². The Kier molecular flexibility index (Phi) is 4.45. The normalized spacial score (nSPS) is 16.9. The number of piperazine rings is 1. The molecule has 0 radical (unpaired) electrons. The Bertz CT molecular complexity index is 333. The van der Waals surface area contributed by atoms with E-state index in [1.165, 1.54) is 6.20 Å². The van der Waals surface area contributed by atoms with Gasteiger partial charge in [-0.1, -0.05) is 0 Å². The van der Waals surface area contributed by atoms with Crippen LogP contribution in [0.25, 0.3) is 0 Å². The minimum atomic E-state index is -0.168. The molecule has 7 heteroatoms. The zero-order valence-electron chi connectivity index (χ0n) is 9.78. The maximum absolute atomic E-state index is 11.5. The van der Waals surface area contributed by atoms with Gasteiger partial charge in [0.25, 0.3) is 5.91 Å². The van der Waals surface area contributed by atoms with Crippen molar-refractivity contribution in [2.45, 2.75) is 6.42 Å². The molecule has 1 aromatic rings. The number of amides is 1. The van der Waals surface area contributed by atoms with Crippen LogP contribution in [0.1, 0.15) is 16.9 Å². The minimum Gasteiger partial charge on any atom is -0.351 e. The van der Waals surface area contributed by atoms with Crippen molar-refractivity contribution in [1.29, 1.82) is 0 Å². The lowest BCUT2D eigenvalue weighted by Gasteiger charge is -2.26. The number of carbonyl (C=O) groups is 1. The fraction of sp³-hybridized carbons (Fsp3) is 0.700. The van der Waals surface area contributed by atoms with Crippen LogP contribution in [0.3, 0.4) is 0 Å². The molecule has 3 N–H and O–H groups in total. The average Bonchev–Trinajstić information content (AvgIpc) is 2.89. The smallest absolute Gasteiger partial charge is 0.273 e. The van der Waals surface area contributed by atoms with Gasteiger partial charge in [0.05, 0.1) is 6.20 Å². The molecule has 1 aromatic heterocycles. The number of carbonyl (C=O) groups excluding carboxylic acids is 1. The standard InChI is InChI=1S/C10H18N6O/c17-10(9-8-13-15-14-9)12-2-1-5-16-6-3-11-4-7-16/h8,11H,1-7H2,(H,12,17)(H,13,14,15). The summed E-state index contributed by atoms with van der Waals surface area (Å²) in [5.74, 6) is -0.168. The van der Waals surface area contributed by atoms with E-state index >= 15 is 0 Å². The minimum absolute atomic E-state index is 0.168. The predicted octanol–water partition coefficient (Wildman–Crippen LogP) is -1.17. The van der Waals surface area contributed by atoms with Crippen molar-refractivity contribution in [3.05, 3.63) is 11.9 Å². The molecule has 0 unspecified atom stereocenters. The Morgan fingerprint density at radius 2 is 2.29 bits per heavy atom. The molecule has 1 amide bonds. The van der Waals surface area contributed by atoms with Gasteiger partial charge in [-0.2, -0.15) is 15.4 Å². The van der Waals surface area contributed by atoms with Crippen LogP contribution in [0, 0.1) is 0 Å². The maximum Gasteiger partial charge on any atom is 0.273 e. The van der Waals surface area contributed by atoms with Crippen molar-refractivity contribution in [3.63, 3.8) is 0 Å². The first-order valence-electron chi connectivity index (χ1n) is 5.93. The summed E-state index contributed by atoms with van der Waals surface area (Å²) in [6.07, 6.45) is 2.38. The van der Waals surface area contributed by atoms with Crippen molar-refractivity contribution >= 4 is 5.91 Å². The summed E-state index contributed by atoms with van der Waals surface area (Å²) in [7, 11) is 0. The monoisotopic (exact) mass is 238 g/mol. The number of rotatable bonds is 5. The van der Waals surface area contributed by atoms with E-state index < -0.39 is 0 Å². The van der Waals surface area contributed by atoms with Crippen molar-refractivity contribution in [2.75, 3.05) is 39.3 Å². The van der Waals surface area contributed by atoms with Crippen LogP contribution < -0.4 is 10.6 Å². The molecular formula is C10H18N6O. The fourth-order valence-electron chi connectivity index (χ4n) is 1.84. The van der Waals surface area contributed by atoms with Gasteiger partial charge in [0, 0.05) is 32.7 Å². The largest absolute Gasteiger partial charge is 0.351 e. The van der Waals surface area contributed by atoms with E-state index in [2.05, 4.69) is 30.9 Å². The Labute approximate surface area is 100.0 Å². The number of H-pyrrole nitrogens is 1. The summed E-state index contributed by atoms with van der Waals surface area (Å²) in [5, 5.41) is 15.9. The van der Waals surface area contributed by atoms with Crippen LogP contribution in [0.2, 0.25) is 0 Å². The van der Waals surface area contributed by atoms with Gasteiger partial charge in [-0.3, -0.25) is 4.79 Å². The third kappa shape index (κ3) is 3.79. The SMILES string of the molecule is O=C(NCCCN1CCNCC1)c1cn[nH]n1. The molecule has 1 aliphatic heterocycles. The molecule has 0 atom stereocenters. The molecular weight excluding hydrogens is 220 g/mol. The number of hydrogen-bond donors (Lipinski definition) is 3. The summed E-state index contributed by atoms with van der Waals surface area (Å²) in [5.41, 5.74) is 0.340. The third-order valence-electron chi connectivity index (χ3n) is 2.79. The lowest BCUT2D eigenvalue weighted by molar-refractivity contribution is 0.0946. The van der Waals surface area contributed by atoms with Gasteiger partial charge in [-0.25, -0.2) is 0 Å².